The molecule has 75 heavy (non-hydrogen) atoms. The second-order valence-electron chi connectivity index (χ2n) is 21.1. The molecule has 4 aliphatic rings. The van der Waals surface area contributed by atoms with Crippen molar-refractivity contribution in [3.05, 3.63) is 83.2 Å². The number of anilines is 3. The fourth-order valence-corrected chi connectivity index (χ4v) is 11.8. The molecule has 5 atom stereocenters. The van der Waals surface area contributed by atoms with E-state index in [1.165, 1.54) is 18.1 Å². The first kappa shape index (κ1) is 53.1. The Hall–Kier alpha value is -6.78. The van der Waals surface area contributed by atoms with Crippen molar-refractivity contribution < 1.29 is 32.3 Å². The van der Waals surface area contributed by atoms with Crippen LogP contribution < -0.4 is 30.9 Å². The number of amides is 4. The number of ether oxygens (including phenoxy) is 1. The molecule has 22 heteroatoms. The third-order valence-corrected chi connectivity index (χ3v) is 17.8. The zero-order chi connectivity index (χ0) is 53.2. The van der Waals surface area contributed by atoms with E-state index in [4.69, 9.17) is 4.74 Å². The normalized spacial score (nSPS) is 20.9. The van der Waals surface area contributed by atoms with E-state index in [1.54, 1.807) is 62.9 Å². The Morgan fingerprint density at radius 3 is 2.41 bits per heavy atom. The third-order valence-electron chi connectivity index (χ3n) is 15.3. The summed E-state index contributed by atoms with van der Waals surface area (Å²) in [6.07, 6.45) is 9.42. The van der Waals surface area contributed by atoms with Crippen molar-refractivity contribution in [1.29, 1.82) is 0 Å². The Kier molecular flexibility index (Phi) is 15.7. The van der Waals surface area contributed by atoms with E-state index in [0.29, 0.717) is 73.7 Å². The lowest BCUT2D eigenvalue weighted by molar-refractivity contribution is -0.145. The van der Waals surface area contributed by atoms with E-state index in [1.807, 2.05) is 26.0 Å². The number of nitrogens with one attached hydrogen (secondary N) is 5. The molecule has 6 heterocycles. The molecule has 3 saturated heterocycles. The van der Waals surface area contributed by atoms with E-state index in [2.05, 4.69) is 73.3 Å². The number of hydrogen-bond donors (Lipinski definition) is 5. The van der Waals surface area contributed by atoms with Gasteiger partial charge in [-0.1, -0.05) is 24.3 Å². The van der Waals surface area contributed by atoms with Gasteiger partial charge in [0.2, 0.25) is 17.7 Å². The summed E-state index contributed by atoms with van der Waals surface area (Å²) in [6, 6.07) is 8.60. The zero-order valence-electron chi connectivity index (χ0n) is 44.0. The van der Waals surface area contributed by atoms with Crippen LogP contribution in [0.5, 0.6) is 5.75 Å². The molecular formula is C53H70N14O7S. The Morgan fingerprint density at radius 1 is 0.907 bits per heavy atom. The lowest BCUT2D eigenvalue weighted by Crippen LogP contribution is -2.62. The molecule has 3 aliphatic heterocycles. The number of carbonyl (C=O) groups is 4. The maximum absolute atomic E-state index is 14.6. The number of aryl methyl sites for hydroxylation is 2. The lowest BCUT2D eigenvalue weighted by atomic mass is 9.87. The highest BCUT2D eigenvalue weighted by molar-refractivity contribution is 7.92. The van der Waals surface area contributed by atoms with Gasteiger partial charge in [-0.25, -0.2) is 28.4 Å². The van der Waals surface area contributed by atoms with Gasteiger partial charge >= 0.3 is 0 Å². The number of H-pyrrole nitrogens is 1. The molecule has 4 amide bonds. The molecule has 9 rings (SSSR count). The predicted octanol–water partition coefficient (Wildman–Crippen LogP) is 4.16. The average Bonchev–Trinajstić information content (AvgIpc) is 3.98. The standard InChI is InChI=1S/C53H70N14O7S/c1-32-33(2)62-63-47(32)61-48-38-26-45(75(72,73)53(4,5)6)44(27-40(38)57-31-58-48)74-25-11-19-64-21-23-65(24-22-64)46-29-55-41(28-56-46)51(70)66-20-18-36-16-17-43(67(36)52(71)42(30-66)60-49(68)34(3)54-7)50(69)59-39-15-10-13-35-12-8-9-14-37(35)39/h8-9,12,14,26-29,31,34,36,39,42-43,54H,10-11,13,15-25,30H2,1-7H3,(H,59,69)(H,60,68)(H2,57,58,61,62,63). The number of nitrogens with zero attached hydrogens (tertiary/aromatic N) is 9. The van der Waals surface area contributed by atoms with Crippen LogP contribution in [0.3, 0.4) is 0 Å². The first-order valence-corrected chi connectivity index (χ1v) is 27.6. The number of carbonyl (C=O) groups excluding carboxylic acids is 4. The summed E-state index contributed by atoms with van der Waals surface area (Å²) < 4.78 is 33.1. The second kappa shape index (κ2) is 22.2. The fraction of sp³-hybridized carbons (Fsp3) is 0.528. The largest absolute Gasteiger partial charge is 0.492 e. The molecular weight excluding hydrogens is 977 g/mol. The van der Waals surface area contributed by atoms with E-state index < -0.39 is 44.5 Å². The van der Waals surface area contributed by atoms with Crippen molar-refractivity contribution >= 4 is 61.8 Å². The van der Waals surface area contributed by atoms with Crippen LogP contribution in [0.4, 0.5) is 17.5 Å². The number of rotatable bonds is 15. The predicted molar refractivity (Wildman–Crippen MR) is 284 cm³/mol. The van der Waals surface area contributed by atoms with Crippen LogP contribution in [0.2, 0.25) is 0 Å². The van der Waals surface area contributed by atoms with Crippen LogP contribution in [0.15, 0.2) is 60.0 Å². The van der Waals surface area contributed by atoms with Gasteiger partial charge < -0.3 is 40.7 Å². The summed E-state index contributed by atoms with van der Waals surface area (Å²) in [5.41, 5.74) is 4.82. The molecule has 0 saturated carbocycles. The summed E-state index contributed by atoms with van der Waals surface area (Å²) in [5, 5.41) is 20.1. The van der Waals surface area contributed by atoms with E-state index in [-0.39, 0.29) is 53.4 Å². The summed E-state index contributed by atoms with van der Waals surface area (Å²) in [5.74, 6) is 0.515. The summed E-state index contributed by atoms with van der Waals surface area (Å²) in [6.45, 7) is 14.5. The molecule has 5 N–H and O–H groups in total. The monoisotopic (exact) mass is 1050 g/mol. The van der Waals surface area contributed by atoms with Gasteiger partial charge in [-0.05, 0) is 111 Å². The average molecular weight is 1050 g/mol. The Morgan fingerprint density at radius 2 is 1.69 bits per heavy atom. The van der Waals surface area contributed by atoms with Crippen molar-refractivity contribution in [1.82, 2.24) is 60.8 Å². The summed E-state index contributed by atoms with van der Waals surface area (Å²) in [7, 11) is -2.19. The molecule has 5 aromatic rings. The number of aromatic amines is 1. The number of piperazine rings is 1. The Labute approximate surface area is 438 Å². The molecule has 21 nitrogen and oxygen atoms in total. The number of fused-ring (bicyclic) bond motifs is 3. The quantitative estimate of drug-likeness (QED) is 0.0924. The first-order chi connectivity index (χ1) is 35.9. The third kappa shape index (κ3) is 11.3. The summed E-state index contributed by atoms with van der Waals surface area (Å²) >= 11 is 0. The molecule has 3 fully saturated rings. The Bertz CT molecular complexity index is 3030. The van der Waals surface area contributed by atoms with E-state index in [9.17, 15) is 27.6 Å². The molecule has 0 radical (unpaired) electrons. The minimum atomic E-state index is -3.85. The van der Waals surface area contributed by atoms with Gasteiger partial charge in [0.25, 0.3) is 5.91 Å². The summed E-state index contributed by atoms with van der Waals surface area (Å²) in [4.78, 5) is 82.0. The molecule has 0 spiro atoms. The van der Waals surface area contributed by atoms with Crippen LogP contribution in [-0.4, -0.2) is 165 Å². The van der Waals surface area contributed by atoms with E-state index in [0.717, 1.165) is 55.7 Å². The lowest BCUT2D eigenvalue weighted by Gasteiger charge is -2.39. The van der Waals surface area contributed by atoms with Crippen LogP contribution in [0, 0.1) is 13.8 Å². The van der Waals surface area contributed by atoms with Gasteiger partial charge in [0.05, 0.1) is 47.9 Å². The van der Waals surface area contributed by atoms with Gasteiger partial charge in [0, 0.05) is 68.0 Å². The number of aromatic nitrogens is 6. The molecule has 400 valence electrons. The van der Waals surface area contributed by atoms with Crippen molar-refractivity contribution in [2.75, 3.05) is 69.7 Å². The minimum Gasteiger partial charge on any atom is -0.492 e. The molecule has 3 aromatic heterocycles. The Balaban J connectivity index is 0.803. The van der Waals surface area contributed by atoms with Crippen molar-refractivity contribution in [2.45, 2.75) is 126 Å². The van der Waals surface area contributed by atoms with Crippen LogP contribution in [0.25, 0.3) is 10.9 Å². The zero-order valence-corrected chi connectivity index (χ0v) is 44.8. The van der Waals surface area contributed by atoms with Crippen LogP contribution in [-0.2, 0) is 30.6 Å². The van der Waals surface area contributed by atoms with Crippen LogP contribution in [0.1, 0.15) is 105 Å². The topological polar surface area (TPSA) is 253 Å². The highest BCUT2D eigenvalue weighted by Crippen LogP contribution is 2.38. The van der Waals surface area contributed by atoms with E-state index >= 15 is 0 Å². The second-order valence-corrected chi connectivity index (χ2v) is 23.8. The van der Waals surface area contributed by atoms with Crippen molar-refractivity contribution in [3.63, 3.8) is 0 Å². The van der Waals surface area contributed by atoms with Gasteiger partial charge in [-0.2, -0.15) is 5.10 Å². The van der Waals surface area contributed by atoms with Gasteiger partial charge in [0.15, 0.2) is 15.7 Å². The number of hydrogen-bond acceptors (Lipinski definition) is 16. The highest BCUT2D eigenvalue weighted by atomic mass is 32.2. The molecule has 2 aromatic carbocycles. The number of sulfone groups is 1. The SMILES string of the molecule is CNC(C)C(=O)NC1CN(C(=O)c2cnc(N3CCN(CCCOc4cc5ncnc(Nc6n[nH]c(C)c6C)c5cc4S(=O)(=O)C(C)(C)C)CC3)cn2)CCC2CCC(C(=O)NC3CCCc4ccccc43)N2C1=O. The van der Waals surface area contributed by atoms with Crippen molar-refractivity contribution in [2.24, 2.45) is 0 Å². The molecule has 1 aliphatic carbocycles. The maximum Gasteiger partial charge on any atom is 0.274 e. The molecule has 0 bridgehead atoms. The minimum absolute atomic E-state index is 0.0694. The van der Waals surface area contributed by atoms with Gasteiger partial charge in [0.1, 0.15) is 46.4 Å². The highest BCUT2D eigenvalue weighted by Gasteiger charge is 2.46. The van der Waals surface area contributed by atoms with Gasteiger partial charge in [-0.15, -0.1) is 0 Å². The molecule has 5 unspecified atom stereocenters. The number of likely N-dealkylation sites (N-methyl/N-ethyl adjacent to an activating group) is 1. The van der Waals surface area contributed by atoms with Crippen LogP contribution >= 0.6 is 0 Å². The number of benzene rings is 2. The first-order valence-electron chi connectivity index (χ1n) is 26.1. The fourth-order valence-electron chi connectivity index (χ4n) is 10.5. The van der Waals surface area contributed by atoms with Crippen molar-refractivity contribution in [3.8, 4) is 5.75 Å². The van der Waals surface area contributed by atoms with Gasteiger partial charge in [-0.3, -0.25) is 29.2 Å². The maximum atomic E-state index is 14.6. The smallest absolute Gasteiger partial charge is 0.274 e.